The van der Waals surface area contributed by atoms with Gasteiger partial charge in [0.1, 0.15) is 11.5 Å². The van der Waals surface area contributed by atoms with E-state index in [1.54, 1.807) is 12.1 Å². The molecule has 0 unspecified atom stereocenters. The molecule has 0 aliphatic rings. The first-order chi connectivity index (χ1) is 9.54. The Bertz CT molecular complexity index is 567. The van der Waals surface area contributed by atoms with E-state index in [4.69, 9.17) is 27.9 Å². The summed E-state index contributed by atoms with van der Waals surface area (Å²) in [6.45, 7) is 4.95. The van der Waals surface area contributed by atoms with Crippen LogP contribution in [0.1, 0.15) is 19.4 Å². The van der Waals surface area contributed by atoms with Crippen LogP contribution in [0, 0.1) is 0 Å². The zero-order chi connectivity index (χ0) is 14.5. The molecule has 2 aromatic carbocycles. The van der Waals surface area contributed by atoms with Crippen LogP contribution in [-0.2, 0) is 6.54 Å². The molecule has 4 heteroatoms. The summed E-state index contributed by atoms with van der Waals surface area (Å²) in [5, 5.41) is 4.71. The van der Waals surface area contributed by atoms with Crippen LogP contribution in [0.4, 0.5) is 0 Å². The standard InChI is InChI=1S/C16H17Cl2NO/c1-11(2)19-10-12-3-4-14(18)9-16(12)20-15-7-5-13(17)6-8-15/h3-9,11,19H,10H2,1-2H3. The Morgan fingerprint density at radius 3 is 2.30 bits per heavy atom. The highest BCUT2D eigenvalue weighted by Crippen LogP contribution is 2.29. The van der Waals surface area contributed by atoms with E-state index < -0.39 is 0 Å². The van der Waals surface area contributed by atoms with Gasteiger partial charge in [-0.05, 0) is 36.4 Å². The van der Waals surface area contributed by atoms with E-state index in [9.17, 15) is 0 Å². The molecule has 20 heavy (non-hydrogen) atoms. The van der Waals surface area contributed by atoms with Gasteiger partial charge >= 0.3 is 0 Å². The second-order valence-corrected chi connectivity index (χ2v) is 5.72. The third kappa shape index (κ3) is 4.41. The molecule has 0 saturated heterocycles. The van der Waals surface area contributed by atoms with Crippen molar-refractivity contribution in [3.8, 4) is 11.5 Å². The fourth-order valence-corrected chi connectivity index (χ4v) is 2.00. The number of nitrogens with one attached hydrogen (secondary N) is 1. The number of ether oxygens (including phenoxy) is 1. The fourth-order valence-electron chi connectivity index (χ4n) is 1.71. The Morgan fingerprint density at radius 1 is 1.00 bits per heavy atom. The maximum atomic E-state index is 6.05. The topological polar surface area (TPSA) is 21.3 Å². The summed E-state index contributed by atoms with van der Waals surface area (Å²) >= 11 is 11.9. The summed E-state index contributed by atoms with van der Waals surface area (Å²) in [6, 6.07) is 13.4. The van der Waals surface area contributed by atoms with Gasteiger partial charge in [0.15, 0.2) is 0 Å². The van der Waals surface area contributed by atoms with Crippen molar-refractivity contribution < 1.29 is 4.74 Å². The smallest absolute Gasteiger partial charge is 0.133 e. The van der Waals surface area contributed by atoms with Gasteiger partial charge in [0.2, 0.25) is 0 Å². The van der Waals surface area contributed by atoms with E-state index in [0.717, 1.165) is 23.6 Å². The molecule has 0 bridgehead atoms. The number of rotatable bonds is 5. The lowest BCUT2D eigenvalue weighted by atomic mass is 10.2. The Hall–Kier alpha value is -1.22. The summed E-state index contributed by atoms with van der Waals surface area (Å²) in [5.41, 5.74) is 1.07. The van der Waals surface area contributed by atoms with Gasteiger partial charge in [-0.15, -0.1) is 0 Å². The van der Waals surface area contributed by atoms with Gasteiger partial charge in [-0.3, -0.25) is 0 Å². The largest absolute Gasteiger partial charge is 0.457 e. The minimum atomic E-state index is 0.411. The fraction of sp³-hybridized carbons (Fsp3) is 0.250. The van der Waals surface area contributed by atoms with Crippen molar-refractivity contribution >= 4 is 23.2 Å². The molecule has 0 saturated carbocycles. The lowest BCUT2D eigenvalue weighted by Gasteiger charge is -2.14. The van der Waals surface area contributed by atoms with Crippen molar-refractivity contribution in [2.24, 2.45) is 0 Å². The molecular formula is C16H17Cl2NO. The predicted octanol–water partition coefficient (Wildman–Crippen LogP) is 5.28. The third-order valence-electron chi connectivity index (χ3n) is 2.77. The third-order valence-corrected chi connectivity index (χ3v) is 3.26. The van der Waals surface area contributed by atoms with Crippen LogP contribution in [0.15, 0.2) is 42.5 Å². The maximum absolute atomic E-state index is 6.05. The van der Waals surface area contributed by atoms with Crippen molar-refractivity contribution in [2.45, 2.75) is 26.4 Å². The van der Waals surface area contributed by atoms with Crippen LogP contribution >= 0.6 is 23.2 Å². The van der Waals surface area contributed by atoms with Gasteiger partial charge in [0.05, 0.1) is 0 Å². The molecule has 0 radical (unpaired) electrons. The van der Waals surface area contributed by atoms with Gasteiger partial charge in [-0.1, -0.05) is 43.1 Å². The lowest BCUT2D eigenvalue weighted by molar-refractivity contribution is 0.469. The molecule has 106 valence electrons. The summed E-state index contributed by atoms with van der Waals surface area (Å²) in [7, 11) is 0. The minimum Gasteiger partial charge on any atom is -0.457 e. The van der Waals surface area contributed by atoms with Crippen molar-refractivity contribution in [2.75, 3.05) is 0 Å². The number of halogens is 2. The predicted molar refractivity (Wildman–Crippen MR) is 85.0 cm³/mol. The average molecular weight is 310 g/mol. The molecule has 0 fully saturated rings. The first kappa shape index (κ1) is 15.2. The van der Waals surface area contributed by atoms with Crippen LogP contribution in [0.3, 0.4) is 0 Å². The Labute approximate surface area is 129 Å². The van der Waals surface area contributed by atoms with E-state index in [-0.39, 0.29) is 0 Å². The average Bonchev–Trinajstić information content (AvgIpc) is 2.40. The number of hydrogen-bond donors (Lipinski definition) is 1. The van der Waals surface area contributed by atoms with Crippen molar-refractivity contribution in [3.63, 3.8) is 0 Å². The maximum Gasteiger partial charge on any atom is 0.133 e. The molecular weight excluding hydrogens is 293 g/mol. The molecule has 1 N–H and O–H groups in total. The van der Waals surface area contributed by atoms with Crippen LogP contribution < -0.4 is 10.1 Å². The molecule has 0 aromatic heterocycles. The molecule has 2 aromatic rings. The molecule has 0 atom stereocenters. The highest BCUT2D eigenvalue weighted by molar-refractivity contribution is 6.31. The zero-order valence-electron chi connectivity index (χ0n) is 11.5. The summed E-state index contributed by atoms with van der Waals surface area (Å²) < 4.78 is 5.89. The van der Waals surface area contributed by atoms with Crippen LogP contribution in [0.2, 0.25) is 10.0 Å². The highest BCUT2D eigenvalue weighted by atomic mass is 35.5. The van der Waals surface area contributed by atoms with Gasteiger partial charge in [0.25, 0.3) is 0 Å². The van der Waals surface area contributed by atoms with E-state index >= 15 is 0 Å². The summed E-state index contributed by atoms with van der Waals surface area (Å²) in [4.78, 5) is 0. The van der Waals surface area contributed by atoms with Crippen LogP contribution in [0.5, 0.6) is 11.5 Å². The van der Waals surface area contributed by atoms with Gasteiger partial charge in [-0.2, -0.15) is 0 Å². The lowest BCUT2D eigenvalue weighted by Crippen LogP contribution is -2.22. The molecule has 0 spiro atoms. The van der Waals surface area contributed by atoms with Gasteiger partial charge in [-0.25, -0.2) is 0 Å². The van der Waals surface area contributed by atoms with Crippen molar-refractivity contribution in [1.29, 1.82) is 0 Å². The normalized spacial score (nSPS) is 10.8. The SMILES string of the molecule is CC(C)NCc1ccc(Cl)cc1Oc1ccc(Cl)cc1. The molecule has 0 amide bonds. The molecule has 2 rings (SSSR count). The molecule has 2 nitrogen and oxygen atoms in total. The number of benzene rings is 2. The zero-order valence-corrected chi connectivity index (χ0v) is 13.0. The summed E-state index contributed by atoms with van der Waals surface area (Å²) in [5.74, 6) is 1.50. The van der Waals surface area contributed by atoms with Crippen LogP contribution in [0.25, 0.3) is 0 Å². The minimum absolute atomic E-state index is 0.411. The van der Waals surface area contributed by atoms with E-state index in [1.165, 1.54) is 0 Å². The van der Waals surface area contributed by atoms with Crippen molar-refractivity contribution in [3.05, 3.63) is 58.1 Å². The molecule has 0 heterocycles. The second kappa shape index (κ2) is 6.98. The van der Waals surface area contributed by atoms with E-state index in [1.807, 2.05) is 30.3 Å². The Balaban J connectivity index is 2.20. The monoisotopic (exact) mass is 309 g/mol. The first-order valence-electron chi connectivity index (χ1n) is 6.50. The summed E-state index contributed by atoms with van der Waals surface area (Å²) in [6.07, 6.45) is 0. The molecule has 0 aliphatic carbocycles. The Morgan fingerprint density at radius 2 is 1.65 bits per heavy atom. The van der Waals surface area contributed by atoms with E-state index in [2.05, 4.69) is 19.2 Å². The van der Waals surface area contributed by atoms with Crippen molar-refractivity contribution in [1.82, 2.24) is 5.32 Å². The number of hydrogen-bond acceptors (Lipinski definition) is 2. The van der Waals surface area contributed by atoms with Gasteiger partial charge < -0.3 is 10.1 Å². The highest BCUT2D eigenvalue weighted by Gasteiger charge is 2.07. The Kier molecular flexibility index (Phi) is 5.30. The second-order valence-electron chi connectivity index (χ2n) is 4.84. The van der Waals surface area contributed by atoms with Crippen LogP contribution in [-0.4, -0.2) is 6.04 Å². The van der Waals surface area contributed by atoms with Gasteiger partial charge in [0, 0.05) is 28.2 Å². The van der Waals surface area contributed by atoms with E-state index in [0.29, 0.717) is 16.1 Å². The molecule has 0 aliphatic heterocycles. The quantitative estimate of drug-likeness (QED) is 0.811. The first-order valence-corrected chi connectivity index (χ1v) is 7.25.